The average Bonchev–Trinajstić information content (AvgIpc) is 2.93. The Kier molecular flexibility index (Phi) is 3.76. The van der Waals surface area contributed by atoms with Gasteiger partial charge >= 0.3 is 0 Å². The Balaban J connectivity index is 2.47. The molecule has 22 heavy (non-hydrogen) atoms. The molecule has 0 radical (unpaired) electrons. The van der Waals surface area contributed by atoms with Gasteiger partial charge in [0.25, 0.3) is 0 Å². The first kappa shape index (κ1) is 14.8. The molecule has 2 aromatic heterocycles. The lowest BCUT2D eigenvalue weighted by atomic mass is 10.1. The third-order valence-corrected chi connectivity index (χ3v) is 3.99. The Hall–Kier alpha value is -2.12. The third kappa shape index (κ3) is 2.22. The van der Waals surface area contributed by atoms with Gasteiger partial charge in [-0.1, -0.05) is 0 Å². The zero-order chi connectivity index (χ0) is 15.9. The van der Waals surface area contributed by atoms with Crippen molar-refractivity contribution in [3.05, 3.63) is 34.4 Å². The molecule has 1 unspecified atom stereocenters. The van der Waals surface area contributed by atoms with Gasteiger partial charge in [0, 0.05) is 6.07 Å². The molecule has 0 aliphatic carbocycles. The van der Waals surface area contributed by atoms with Crippen molar-refractivity contribution in [2.75, 3.05) is 20.5 Å². The maximum atomic E-state index is 12.5. The molecule has 116 valence electrons. The minimum Gasteiger partial charge on any atom is -0.616 e. The van der Waals surface area contributed by atoms with Crippen LogP contribution >= 0.6 is 0 Å². The van der Waals surface area contributed by atoms with Crippen LogP contribution in [0.25, 0.3) is 21.9 Å². The molecule has 1 aromatic carbocycles. The minimum absolute atomic E-state index is 0.146. The second kappa shape index (κ2) is 5.58. The molecule has 0 aliphatic rings. The lowest BCUT2D eigenvalue weighted by Crippen LogP contribution is -2.08. The number of hydrogen-bond donors (Lipinski definition) is 0. The molecule has 0 fully saturated rings. The summed E-state index contributed by atoms with van der Waals surface area (Å²) in [6, 6.07) is 3.03. The Morgan fingerprint density at radius 3 is 2.59 bits per heavy atom. The summed E-state index contributed by atoms with van der Waals surface area (Å²) >= 11 is -1.13. The number of benzene rings is 1. The van der Waals surface area contributed by atoms with E-state index in [1.807, 2.05) is 0 Å². The number of rotatable bonds is 4. The molecule has 0 spiro atoms. The number of ether oxygens (including phenoxy) is 2. The minimum atomic E-state index is -1.13. The van der Waals surface area contributed by atoms with Gasteiger partial charge in [-0.05, 0) is 17.2 Å². The van der Waals surface area contributed by atoms with Gasteiger partial charge in [0.2, 0.25) is 5.75 Å². The second-order valence-corrected chi connectivity index (χ2v) is 6.16. The second-order valence-electron chi connectivity index (χ2n) is 4.73. The molecular weight excluding hydrogens is 308 g/mol. The van der Waals surface area contributed by atoms with E-state index in [-0.39, 0.29) is 22.2 Å². The van der Waals surface area contributed by atoms with E-state index in [2.05, 4.69) is 0 Å². The van der Waals surface area contributed by atoms with E-state index in [0.29, 0.717) is 28.2 Å². The molecule has 3 aromatic rings. The summed E-state index contributed by atoms with van der Waals surface area (Å²) in [4.78, 5) is 12.5. The van der Waals surface area contributed by atoms with E-state index in [4.69, 9.17) is 18.3 Å². The van der Waals surface area contributed by atoms with Crippen molar-refractivity contribution in [2.24, 2.45) is 0 Å². The van der Waals surface area contributed by atoms with Crippen LogP contribution < -0.4 is 14.9 Å². The summed E-state index contributed by atoms with van der Waals surface area (Å²) in [6.07, 6.45) is 3.03. The van der Waals surface area contributed by atoms with Crippen LogP contribution in [0.5, 0.6) is 11.5 Å². The van der Waals surface area contributed by atoms with Gasteiger partial charge in [0.15, 0.2) is 28.1 Å². The first-order chi connectivity index (χ1) is 10.6. The van der Waals surface area contributed by atoms with Crippen LogP contribution in [0, 0.1) is 0 Å². The summed E-state index contributed by atoms with van der Waals surface area (Å²) < 4.78 is 33.3. The van der Waals surface area contributed by atoms with Crippen LogP contribution in [0.1, 0.15) is 5.76 Å². The summed E-state index contributed by atoms with van der Waals surface area (Å²) in [5.74, 6) is 1.16. The first-order valence-electron chi connectivity index (χ1n) is 6.44. The summed E-state index contributed by atoms with van der Waals surface area (Å²) in [7, 11) is 2.94. The normalized spacial score (nSPS) is 12.7. The van der Waals surface area contributed by atoms with Gasteiger partial charge in [-0.15, -0.1) is 0 Å². The number of hydrogen-bond acceptors (Lipinski definition) is 6. The SMILES string of the molecule is COc1c2occc2c(OC)c2c(=O)cc(C[S+](C)[O-])oc12. The van der Waals surface area contributed by atoms with Gasteiger partial charge in [0.05, 0.1) is 32.1 Å². The summed E-state index contributed by atoms with van der Waals surface area (Å²) in [5.41, 5.74) is 0.388. The van der Waals surface area contributed by atoms with Crippen LogP contribution in [0.2, 0.25) is 0 Å². The van der Waals surface area contributed by atoms with Gasteiger partial charge < -0.3 is 22.9 Å². The zero-order valence-corrected chi connectivity index (χ0v) is 13.1. The molecule has 0 saturated carbocycles. The van der Waals surface area contributed by atoms with E-state index in [1.165, 1.54) is 32.8 Å². The monoisotopic (exact) mass is 322 g/mol. The molecule has 3 rings (SSSR count). The average molecular weight is 322 g/mol. The highest BCUT2D eigenvalue weighted by Crippen LogP contribution is 2.41. The van der Waals surface area contributed by atoms with E-state index in [0.717, 1.165) is 0 Å². The van der Waals surface area contributed by atoms with Crippen molar-refractivity contribution >= 4 is 33.1 Å². The smallest absolute Gasteiger partial charge is 0.206 e. The van der Waals surface area contributed by atoms with Crippen LogP contribution in [0.15, 0.2) is 32.0 Å². The molecule has 0 bridgehead atoms. The van der Waals surface area contributed by atoms with Crippen molar-refractivity contribution in [1.82, 2.24) is 0 Å². The predicted molar refractivity (Wildman–Crippen MR) is 83.1 cm³/mol. The van der Waals surface area contributed by atoms with E-state index in [1.54, 1.807) is 6.07 Å². The Labute approximate surface area is 128 Å². The molecule has 0 aliphatic heterocycles. The topological polar surface area (TPSA) is 84.9 Å². The molecule has 0 amide bonds. The van der Waals surface area contributed by atoms with Crippen LogP contribution in [0.3, 0.4) is 0 Å². The third-order valence-electron chi connectivity index (χ3n) is 3.30. The van der Waals surface area contributed by atoms with Gasteiger partial charge in [-0.25, -0.2) is 0 Å². The van der Waals surface area contributed by atoms with E-state index in [9.17, 15) is 9.35 Å². The Bertz CT molecular complexity index is 892. The highest BCUT2D eigenvalue weighted by molar-refractivity contribution is 7.89. The lowest BCUT2D eigenvalue weighted by molar-refractivity contribution is 0.398. The first-order valence-corrected chi connectivity index (χ1v) is 8.17. The van der Waals surface area contributed by atoms with Crippen molar-refractivity contribution in [1.29, 1.82) is 0 Å². The standard InChI is InChI=1S/C15H14O6S/c1-18-12-9-4-5-20-13(9)15(19-2)14-11(12)10(16)6-8(21-14)7-22(3)17/h4-6H,7H2,1-3H3. The quantitative estimate of drug-likeness (QED) is 0.686. The fourth-order valence-electron chi connectivity index (χ4n) is 2.49. The lowest BCUT2D eigenvalue weighted by Gasteiger charge is -2.11. The number of methoxy groups -OCH3 is 2. The molecule has 2 heterocycles. The molecule has 1 atom stereocenters. The van der Waals surface area contributed by atoms with E-state index < -0.39 is 11.2 Å². The summed E-state index contributed by atoms with van der Waals surface area (Å²) in [5, 5.41) is 0.907. The van der Waals surface area contributed by atoms with Crippen LogP contribution in [-0.2, 0) is 16.9 Å². The molecule has 0 N–H and O–H groups in total. The van der Waals surface area contributed by atoms with Gasteiger partial charge in [-0.2, -0.15) is 0 Å². The molecule has 0 saturated heterocycles. The zero-order valence-electron chi connectivity index (χ0n) is 12.3. The Morgan fingerprint density at radius 1 is 1.23 bits per heavy atom. The van der Waals surface area contributed by atoms with Crippen molar-refractivity contribution in [3.8, 4) is 11.5 Å². The van der Waals surface area contributed by atoms with Gasteiger partial charge in [0.1, 0.15) is 11.1 Å². The van der Waals surface area contributed by atoms with Crippen molar-refractivity contribution < 1.29 is 22.9 Å². The summed E-state index contributed by atoms with van der Waals surface area (Å²) in [6.45, 7) is 0. The highest BCUT2D eigenvalue weighted by Gasteiger charge is 2.23. The number of furan rings is 1. The largest absolute Gasteiger partial charge is 0.616 e. The predicted octanol–water partition coefficient (Wildman–Crippen LogP) is 2.43. The maximum Gasteiger partial charge on any atom is 0.206 e. The van der Waals surface area contributed by atoms with Crippen LogP contribution in [-0.4, -0.2) is 25.0 Å². The fraction of sp³-hybridized carbons (Fsp3) is 0.267. The fourth-order valence-corrected chi connectivity index (χ4v) is 3.03. The molecule has 6 nitrogen and oxygen atoms in total. The number of fused-ring (bicyclic) bond motifs is 2. The van der Waals surface area contributed by atoms with E-state index >= 15 is 0 Å². The maximum absolute atomic E-state index is 12.5. The van der Waals surface area contributed by atoms with Crippen molar-refractivity contribution in [3.63, 3.8) is 0 Å². The van der Waals surface area contributed by atoms with Gasteiger partial charge in [-0.3, -0.25) is 4.79 Å². The van der Waals surface area contributed by atoms with Crippen molar-refractivity contribution in [2.45, 2.75) is 5.75 Å². The Morgan fingerprint density at radius 2 is 1.95 bits per heavy atom. The highest BCUT2D eigenvalue weighted by atomic mass is 32.2. The molecular formula is C15H14O6S. The van der Waals surface area contributed by atoms with Crippen LogP contribution in [0.4, 0.5) is 0 Å². The molecule has 7 heteroatoms.